The van der Waals surface area contributed by atoms with Gasteiger partial charge < -0.3 is 15.6 Å². The van der Waals surface area contributed by atoms with Crippen molar-refractivity contribution in [3.05, 3.63) is 29.8 Å². The Labute approximate surface area is 223 Å². The van der Waals surface area contributed by atoms with Crippen molar-refractivity contribution in [1.29, 1.82) is 0 Å². The number of para-hydroxylation sites is 2. The van der Waals surface area contributed by atoms with Gasteiger partial charge in [0.15, 0.2) is 5.65 Å². The highest BCUT2D eigenvalue weighted by atomic mass is 16.1. The fraction of sp³-hybridized carbons (Fsp3) is 0.645. The Bertz CT molecular complexity index is 1120. The first kappa shape index (κ1) is 28.9. The largest absolute Gasteiger partial charge is 0.384 e. The van der Waals surface area contributed by atoms with Gasteiger partial charge in [0.1, 0.15) is 16.9 Å². The van der Waals surface area contributed by atoms with Crippen molar-refractivity contribution in [3.63, 3.8) is 0 Å². The summed E-state index contributed by atoms with van der Waals surface area (Å²) < 4.78 is 2.01. The van der Waals surface area contributed by atoms with Crippen LogP contribution in [0.4, 0.5) is 5.82 Å². The number of unbranched alkanes of at least 4 members (excludes halogenated alkanes) is 9. The summed E-state index contributed by atoms with van der Waals surface area (Å²) in [4.78, 5) is 23.1. The van der Waals surface area contributed by atoms with Gasteiger partial charge in [0.05, 0.1) is 11.0 Å². The van der Waals surface area contributed by atoms with Crippen molar-refractivity contribution in [2.75, 3.05) is 5.73 Å². The molecule has 204 valence electrons. The van der Waals surface area contributed by atoms with E-state index < -0.39 is 0 Å². The number of hydrogen-bond acceptors (Lipinski definition) is 4. The molecule has 6 nitrogen and oxygen atoms in total. The van der Waals surface area contributed by atoms with Gasteiger partial charge in [-0.3, -0.25) is 4.79 Å². The first-order chi connectivity index (χ1) is 17.9. The van der Waals surface area contributed by atoms with E-state index in [0.29, 0.717) is 28.5 Å². The molecule has 0 fully saturated rings. The first-order valence-corrected chi connectivity index (χ1v) is 14.8. The lowest BCUT2D eigenvalue weighted by atomic mass is 10.0. The lowest BCUT2D eigenvalue weighted by molar-refractivity contribution is 0.0940. The number of amides is 1. The number of nitrogens with two attached hydrogens (primary N) is 1. The molecular weight excluding hydrogens is 458 g/mol. The van der Waals surface area contributed by atoms with Crippen molar-refractivity contribution in [2.24, 2.45) is 5.92 Å². The van der Waals surface area contributed by atoms with Crippen LogP contribution < -0.4 is 11.1 Å². The summed E-state index contributed by atoms with van der Waals surface area (Å²) in [7, 11) is 0. The van der Waals surface area contributed by atoms with Crippen molar-refractivity contribution in [1.82, 2.24) is 19.9 Å². The lowest BCUT2D eigenvalue weighted by Crippen LogP contribution is -2.33. The number of carbonyl (C=O) groups excluding carboxylic acids is 1. The van der Waals surface area contributed by atoms with Crippen LogP contribution >= 0.6 is 0 Å². The molecule has 0 aliphatic carbocycles. The van der Waals surface area contributed by atoms with E-state index in [-0.39, 0.29) is 11.9 Å². The van der Waals surface area contributed by atoms with Gasteiger partial charge in [-0.1, -0.05) is 104 Å². The number of nitrogen functional groups attached to an aromatic ring is 1. The van der Waals surface area contributed by atoms with Crippen LogP contribution in [0.2, 0.25) is 0 Å². The van der Waals surface area contributed by atoms with Gasteiger partial charge in [-0.15, -0.1) is 0 Å². The number of anilines is 1. The average molecular weight is 508 g/mol. The molecule has 0 aliphatic rings. The molecule has 0 saturated heterocycles. The minimum atomic E-state index is -0.147. The van der Waals surface area contributed by atoms with E-state index in [1.807, 2.05) is 28.8 Å². The normalized spacial score (nSPS) is 12.6. The topological polar surface area (TPSA) is 85.8 Å². The quantitative estimate of drug-likeness (QED) is 0.181. The third kappa shape index (κ3) is 8.44. The zero-order valence-electron chi connectivity index (χ0n) is 23.7. The number of hydrogen-bond donors (Lipinski definition) is 2. The van der Waals surface area contributed by atoms with Crippen molar-refractivity contribution >= 4 is 33.9 Å². The van der Waals surface area contributed by atoms with E-state index in [0.717, 1.165) is 49.7 Å². The smallest absolute Gasteiger partial charge is 0.257 e. The van der Waals surface area contributed by atoms with Crippen molar-refractivity contribution in [3.8, 4) is 0 Å². The molecule has 0 spiro atoms. The predicted octanol–water partition coefficient (Wildman–Crippen LogP) is 8.03. The Morgan fingerprint density at radius 1 is 0.865 bits per heavy atom. The van der Waals surface area contributed by atoms with E-state index in [2.05, 4.69) is 33.0 Å². The Kier molecular flexibility index (Phi) is 11.7. The lowest BCUT2D eigenvalue weighted by Gasteiger charge is -2.14. The maximum absolute atomic E-state index is 13.4. The van der Waals surface area contributed by atoms with E-state index >= 15 is 0 Å². The average Bonchev–Trinajstić information content (AvgIpc) is 3.13. The minimum Gasteiger partial charge on any atom is -0.384 e. The number of aryl methyl sites for hydroxylation is 1. The fourth-order valence-corrected chi connectivity index (χ4v) is 5.12. The molecule has 3 rings (SSSR count). The highest BCUT2D eigenvalue weighted by Gasteiger charge is 2.24. The summed E-state index contributed by atoms with van der Waals surface area (Å²) in [6.45, 7) is 9.55. The van der Waals surface area contributed by atoms with Gasteiger partial charge >= 0.3 is 0 Å². The summed E-state index contributed by atoms with van der Waals surface area (Å²) in [5.41, 5.74) is 10.0. The molecule has 1 amide bonds. The molecule has 0 aliphatic heterocycles. The summed E-state index contributed by atoms with van der Waals surface area (Å²) in [6.07, 6.45) is 16.0. The predicted molar refractivity (Wildman–Crippen MR) is 157 cm³/mol. The zero-order valence-corrected chi connectivity index (χ0v) is 23.7. The molecule has 0 saturated carbocycles. The van der Waals surface area contributed by atoms with Gasteiger partial charge in [-0.2, -0.15) is 0 Å². The number of nitrogens with zero attached hydrogens (tertiary/aromatic N) is 3. The Morgan fingerprint density at radius 3 is 2.08 bits per heavy atom. The first-order valence-electron chi connectivity index (χ1n) is 14.8. The van der Waals surface area contributed by atoms with Crippen LogP contribution in [-0.2, 0) is 6.54 Å². The van der Waals surface area contributed by atoms with Crippen LogP contribution in [0.3, 0.4) is 0 Å². The second-order valence-corrected chi connectivity index (χ2v) is 11.2. The molecule has 6 heteroatoms. The van der Waals surface area contributed by atoms with E-state index in [1.54, 1.807) is 0 Å². The van der Waals surface area contributed by atoms with Crippen LogP contribution in [0.1, 0.15) is 122 Å². The van der Waals surface area contributed by atoms with Gasteiger partial charge in [0.2, 0.25) is 0 Å². The maximum atomic E-state index is 13.4. The fourth-order valence-electron chi connectivity index (χ4n) is 5.12. The zero-order chi connectivity index (χ0) is 26.6. The van der Waals surface area contributed by atoms with Crippen LogP contribution in [0, 0.1) is 5.92 Å². The summed E-state index contributed by atoms with van der Waals surface area (Å²) in [6, 6.07) is 7.90. The summed E-state index contributed by atoms with van der Waals surface area (Å²) in [5.74, 6) is 1.00. The van der Waals surface area contributed by atoms with Crippen LogP contribution in [-0.4, -0.2) is 26.5 Å². The molecule has 1 unspecified atom stereocenters. The number of rotatable bonds is 17. The van der Waals surface area contributed by atoms with Crippen LogP contribution in [0.5, 0.6) is 0 Å². The monoisotopic (exact) mass is 507 g/mol. The van der Waals surface area contributed by atoms with Gasteiger partial charge in [-0.25, -0.2) is 9.97 Å². The third-order valence-corrected chi connectivity index (χ3v) is 7.35. The van der Waals surface area contributed by atoms with E-state index in [1.165, 1.54) is 51.4 Å². The molecule has 1 atom stereocenters. The molecule has 3 N–H and O–H groups in total. The number of carbonyl (C=O) groups is 1. The summed E-state index contributed by atoms with van der Waals surface area (Å²) in [5, 5.41) is 3.17. The van der Waals surface area contributed by atoms with Crippen molar-refractivity contribution < 1.29 is 4.79 Å². The molecule has 2 heterocycles. The molecule has 0 bridgehead atoms. The van der Waals surface area contributed by atoms with E-state index in [9.17, 15) is 4.79 Å². The SMILES string of the molecule is CCCCCCCCCCCCn1c(N)c(C(=O)NC(C)CCCC(C)C)c2nc3ccccc3nc21. The Hall–Kier alpha value is -2.63. The van der Waals surface area contributed by atoms with Gasteiger partial charge in [0, 0.05) is 12.6 Å². The molecule has 3 aromatic rings. The van der Waals surface area contributed by atoms with Crippen LogP contribution in [0.15, 0.2) is 24.3 Å². The highest BCUT2D eigenvalue weighted by molar-refractivity contribution is 6.10. The van der Waals surface area contributed by atoms with E-state index in [4.69, 9.17) is 15.7 Å². The Balaban J connectivity index is 1.68. The van der Waals surface area contributed by atoms with Gasteiger partial charge in [-0.05, 0) is 37.8 Å². The maximum Gasteiger partial charge on any atom is 0.257 e. The standard InChI is InChI=1S/C31H49N5O/c1-5-6-7-8-9-10-11-12-13-16-22-36-29(32)27(31(37)33-24(4)19-17-18-23(2)3)28-30(36)35-26-21-15-14-20-25(26)34-28/h14-15,20-21,23-24H,5-13,16-19,22,32H2,1-4H3,(H,33,37). The number of fused-ring (bicyclic) bond motifs is 2. The Morgan fingerprint density at radius 2 is 1.46 bits per heavy atom. The number of nitrogens with one attached hydrogen (secondary N) is 1. The molecule has 2 aromatic heterocycles. The highest BCUT2D eigenvalue weighted by Crippen LogP contribution is 2.29. The molecular formula is C31H49N5O. The summed E-state index contributed by atoms with van der Waals surface area (Å²) >= 11 is 0. The number of aromatic nitrogens is 3. The molecule has 1 aromatic carbocycles. The minimum absolute atomic E-state index is 0.0828. The molecule has 0 radical (unpaired) electrons. The van der Waals surface area contributed by atoms with Gasteiger partial charge in [0.25, 0.3) is 5.91 Å². The molecule has 37 heavy (non-hydrogen) atoms. The number of benzene rings is 1. The second kappa shape index (κ2) is 14.9. The van der Waals surface area contributed by atoms with Crippen LogP contribution in [0.25, 0.3) is 22.2 Å². The van der Waals surface area contributed by atoms with Crippen molar-refractivity contribution in [2.45, 2.75) is 124 Å². The second-order valence-electron chi connectivity index (χ2n) is 11.2. The third-order valence-electron chi connectivity index (χ3n) is 7.35.